The van der Waals surface area contributed by atoms with Crippen LogP contribution in [-0.4, -0.2) is 27.7 Å². The first-order chi connectivity index (χ1) is 19.0. The molecule has 0 amide bonds. The fourth-order valence-electron chi connectivity index (χ4n) is 4.27. The number of carbonyl (C=O) groups excluding carboxylic acids is 1. The molecule has 0 saturated heterocycles. The van der Waals surface area contributed by atoms with Gasteiger partial charge in [0.1, 0.15) is 11.9 Å². The second-order valence-corrected chi connectivity index (χ2v) is 9.56. The first-order valence-electron chi connectivity index (χ1n) is 13.0. The van der Waals surface area contributed by atoms with Crippen molar-refractivity contribution >= 4 is 34.1 Å². The zero-order chi connectivity index (χ0) is 27.2. The molecule has 0 aliphatic heterocycles. The van der Waals surface area contributed by atoms with Crippen LogP contribution in [0.3, 0.4) is 0 Å². The number of anilines is 1. The molecule has 6 heteroatoms. The van der Waals surface area contributed by atoms with Crippen molar-refractivity contribution in [3.8, 4) is 0 Å². The van der Waals surface area contributed by atoms with Crippen molar-refractivity contribution in [2.24, 2.45) is 4.99 Å². The third kappa shape index (κ3) is 6.18. The van der Waals surface area contributed by atoms with Crippen LogP contribution in [-0.2, 0) is 4.74 Å². The zero-order valence-corrected chi connectivity index (χ0v) is 22.2. The van der Waals surface area contributed by atoms with Crippen LogP contribution in [0.15, 0.2) is 114 Å². The maximum Gasteiger partial charge on any atom is 0.338 e. The van der Waals surface area contributed by atoms with E-state index < -0.39 is 6.10 Å². The molecule has 0 aliphatic rings. The molecule has 1 N–H and O–H groups in total. The van der Waals surface area contributed by atoms with Gasteiger partial charge in [-0.15, -0.1) is 0 Å². The van der Waals surface area contributed by atoms with E-state index in [-0.39, 0.29) is 12.0 Å². The van der Waals surface area contributed by atoms with Crippen LogP contribution in [0, 0.1) is 0 Å². The molecule has 3 aromatic carbocycles. The molecule has 0 aliphatic carbocycles. The number of hydrogen-bond acceptors (Lipinski definition) is 6. The van der Waals surface area contributed by atoms with Gasteiger partial charge in [0.2, 0.25) is 0 Å². The van der Waals surface area contributed by atoms with Crippen molar-refractivity contribution in [1.82, 2.24) is 9.97 Å². The zero-order valence-electron chi connectivity index (χ0n) is 22.2. The summed E-state index contributed by atoms with van der Waals surface area (Å²) >= 11 is 0. The lowest BCUT2D eigenvalue weighted by molar-refractivity contribution is 0.0330. The number of carbonyl (C=O) groups is 1. The van der Waals surface area contributed by atoms with E-state index in [1.165, 1.54) is 0 Å². The third-order valence-corrected chi connectivity index (χ3v) is 6.18. The van der Waals surface area contributed by atoms with Crippen molar-refractivity contribution in [1.29, 1.82) is 0 Å². The van der Waals surface area contributed by atoms with Crippen molar-refractivity contribution in [3.63, 3.8) is 0 Å². The molecule has 2 heterocycles. The summed E-state index contributed by atoms with van der Waals surface area (Å²) in [6.45, 7) is 5.94. The molecule has 0 fully saturated rings. The van der Waals surface area contributed by atoms with Crippen LogP contribution >= 0.6 is 0 Å². The number of nitrogens with one attached hydrogen (secondary N) is 1. The van der Waals surface area contributed by atoms with Crippen LogP contribution in [0.5, 0.6) is 0 Å². The number of esters is 1. The molecule has 1 atom stereocenters. The highest BCUT2D eigenvalue weighted by atomic mass is 16.5. The standard InChI is InChI=1S/C33H30N4O2/c1-22(2)35-32-28-20-30(37-31(24-13-7-4-8-14-24)25-15-9-5-10-16-25)34-21-27(28)19-29(36-32)23(3)39-33(38)26-17-11-6-12-18-26/h4-23H,1-3H3,(H,35,36)/t23-/m1/s1. The Kier molecular flexibility index (Phi) is 7.73. The Balaban J connectivity index is 1.54. The van der Waals surface area contributed by atoms with Gasteiger partial charge in [-0.1, -0.05) is 78.9 Å². The summed E-state index contributed by atoms with van der Waals surface area (Å²) in [5.74, 6) is 0.885. The van der Waals surface area contributed by atoms with Gasteiger partial charge in [0.15, 0.2) is 5.82 Å². The molecule has 0 radical (unpaired) electrons. The average Bonchev–Trinajstić information content (AvgIpc) is 2.97. The first-order valence-corrected chi connectivity index (χ1v) is 13.0. The largest absolute Gasteiger partial charge is 0.453 e. The lowest BCUT2D eigenvalue weighted by Gasteiger charge is -2.18. The Bertz CT molecular complexity index is 1560. The smallest absolute Gasteiger partial charge is 0.338 e. The van der Waals surface area contributed by atoms with E-state index in [1.54, 1.807) is 18.3 Å². The van der Waals surface area contributed by atoms with Crippen LogP contribution in [0.25, 0.3) is 10.8 Å². The molecule has 0 unspecified atom stereocenters. The molecular weight excluding hydrogens is 484 g/mol. The topological polar surface area (TPSA) is 76.5 Å². The first kappa shape index (κ1) is 25.8. The third-order valence-electron chi connectivity index (χ3n) is 6.18. The lowest BCUT2D eigenvalue weighted by atomic mass is 10.0. The van der Waals surface area contributed by atoms with Gasteiger partial charge in [0, 0.05) is 34.1 Å². The van der Waals surface area contributed by atoms with Gasteiger partial charge in [0.05, 0.1) is 17.0 Å². The van der Waals surface area contributed by atoms with Crippen LogP contribution in [0.2, 0.25) is 0 Å². The van der Waals surface area contributed by atoms with Crippen molar-refractivity contribution in [2.75, 3.05) is 5.32 Å². The summed E-state index contributed by atoms with van der Waals surface area (Å²) in [7, 11) is 0. The van der Waals surface area contributed by atoms with E-state index in [4.69, 9.17) is 14.7 Å². The highest BCUT2D eigenvalue weighted by Gasteiger charge is 2.18. The van der Waals surface area contributed by atoms with Gasteiger partial charge in [-0.05, 0) is 45.0 Å². The predicted molar refractivity (Wildman–Crippen MR) is 157 cm³/mol. The van der Waals surface area contributed by atoms with Gasteiger partial charge >= 0.3 is 5.97 Å². The summed E-state index contributed by atoms with van der Waals surface area (Å²) in [6, 6.07) is 33.1. The Hall–Kier alpha value is -4.84. The van der Waals surface area contributed by atoms with Crippen molar-refractivity contribution in [3.05, 3.63) is 132 Å². The Morgan fingerprint density at radius 3 is 1.92 bits per heavy atom. The molecule has 2 aromatic heterocycles. The summed E-state index contributed by atoms with van der Waals surface area (Å²) in [5.41, 5.74) is 4.00. The van der Waals surface area contributed by atoms with E-state index in [0.29, 0.717) is 22.9 Å². The summed E-state index contributed by atoms with van der Waals surface area (Å²) in [5, 5.41) is 5.22. The molecule has 5 rings (SSSR count). The predicted octanol–water partition coefficient (Wildman–Crippen LogP) is 7.54. The minimum Gasteiger partial charge on any atom is -0.453 e. The normalized spacial score (nSPS) is 11.7. The molecule has 0 bridgehead atoms. The highest BCUT2D eigenvalue weighted by Crippen LogP contribution is 2.30. The van der Waals surface area contributed by atoms with Gasteiger partial charge in [0.25, 0.3) is 0 Å². The summed E-state index contributed by atoms with van der Waals surface area (Å²) in [6.07, 6.45) is 1.25. The highest BCUT2D eigenvalue weighted by molar-refractivity contribution is 6.14. The van der Waals surface area contributed by atoms with E-state index in [9.17, 15) is 4.79 Å². The van der Waals surface area contributed by atoms with Crippen LogP contribution < -0.4 is 5.32 Å². The van der Waals surface area contributed by atoms with E-state index >= 15 is 0 Å². The second kappa shape index (κ2) is 11.7. The minimum atomic E-state index is -0.546. The Morgan fingerprint density at radius 1 is 0.795 bits per heavy atom. The number of pyridine rings is 2. The average molecular weight is 515 g/mol. The Labute approximate surface area is 228 Å². The van der Waals surface area contributed by atoms with Crippen LogP contribution in [0.1, 0.15) is 54.1 Å². The number of fused-ring (bicyclic) bond motifs is 1. The van der Waals surface area contributed by atoms with E-state index in [1.807, 2.05) is 97.9 Å². The van der Waals surface area contributed by atoms with Crippen molar-refractivity contribution < 1.29 is 9.53 Å². The number of ether oxygens (including phenoxy) is 1. The van der Waals surface area contributed by atoms with Crippen molar-refractivity contribution in [2.45, 2.75) is 32.9 Å². The fraction of sp³-hybridized carbons (Fsp3) is 0.152. The maximum atomic E-state index is 12.6. The van der Waals surface area contributed by atoms with Gasteiger partial charge in [-0.3, -0.25) is 0 Å². The molecular formula is C33H30N4O2. The number of aromatic nitrogens is 2. The molecule has 0 spiro atoms. The number of rotatable bonds is 8. The minimum absolute atomic E-state index is 0.141. The molecule has 6 nitrogen and oxygen atoms in total. The van der Waals surface area contributed by atoms with Gasteiger partial charge in [-0.25, -0.2) is 19.8 Å². The monoisotopic (exact) mass is 514 g/mol. The quantitative estimate of drug-likeness (QED) is 0.171. The van der Waals surface area contributed by atoms with Crippen LogP contribution in [0.4, 0.5) is 11.6 Å². The summed E-state index contributed by atoms with van der Waals surface area (Å²) < 4.78 is 5.73. The SMILES string of the molecule is CC(C)Nc1nc([C@@H](C)OC(=O)c2ccccc2)cc2cnc(N=C(c3ccccc3)c3ccccc3)cc12. The van der Waals surface area contributed by atoms with Gasteiger partial charge in [-0.2, -0.15) is 0 Å². The number of benzene rings is 3. The fourth-order valence-corrected chi connectivity index (χ4v) is 4.27. The van der Waals surface area contributed by atoms with Gasteiger partial charge < -0.3 is 10.1 Å². The maximum absolute atomic E-state index is 12.6. The van der Waals surface area contributed by atoms with E-state index in [2.05, 4.69) is 24.1 Å². The van der Waals surface area contributed by atoms with E-state index in [0.717, 1.165) is 27.6 Å². The number of nitrogens with zero attached hydrogens (tertiary/aromatic N) is 3. The molecule has 0 saturated carbocycles. The lowest BCUT2D eigenvalue weighted by Crippen LogP contribution is -2.14. The second-order valence-electron chi connectivity index (χ2n) is 9.56. The number of aliphatic imine (C=N–C) groups is 1. The molecule has 39 heavy (non-hydrogen) atoms. The molecule has 194 valence electrons. The molecule has 5 aromatic rings. The summed E-state index contributed by atoms with van der Waals surface area (Å²) in [4.78, 5) is 27.2. The Morgan fingerprint density at radius 2 is 1.36 bits per heavy atom. The number of hydrogen-bond donors (Lipinski definition) is 1.